The number of nitrogens with zero attached hydrogens (tertiary/aromatic N) is 1. The second-order valence-corrected chi connectivity index (χ2v) is 6.10. The van der Waals surface area contributed by atoms with Crippen LogP contribution in [0, 0.1) is 5.92 Å². The lowest BCUT2D eigenvalue weighted by molar-refractivity contribution is -0.150. The highest BCUT2D eigenvalue weighted by Crippen LogP contribution is 2.19. The van der Waals surface area contributed by atoms with Crippen LogP contribution in [0.15, 0.2) is 0 Å². The van der Waals surface area contributed by atoms with Crippen LogP contribution in [0.5, 0.6) is 0 Å². The van der Waals surface area contributed by atoms with Crippen molar-refractivity contribution in [2.75, 3.05) is 6.54 Å². The first-order valence-corrected chi connectivity index (χ1v) is 8.00. The van der Waals surface area contributed by atoms with Gasteiger partial charge in [0.05, 0.1) is 12.5 Å². The van der Waals surface area contributed by atoms with E-state index in [4.69, 9.17) is 15.9 Å². The summed E-state index contributed by atoms with van der Waals surface area (Å²) in [6, 6.07) is -3.19. The van der Waals surface area contributed by atoms with Crippen LogP contribution in [0.3, 0.4) is 0 Å². The van der Waals surface area contributed by atoms with Gasteiger partial charge in [0.15, 0.2) is 0 Å². The Balaban J connectivity index is 2.88. The van der Waals surface area contributed by atoms with Crippen LogP contribution in [-0.4, -0.2) is 63.5 Å². The van der Waals surface area contributed by atoms with E-state index in [0.29, 0.717) is 19.3 Å². The number of hydrogen-bond donors (Lipinski definition) is 4. The van der Waals surface area contributed by atoms with E-state index in [-0.39, 0.29) is 12.5 Å². The summed E-state index contributed by atoms with van der Waals surface area (Å²) in [7, 11) is 0. The van der Waals surface area contributed by atoms with Crippen LogP contribution in [0.4, 0.5) is 0 Å². The van der Waals surface area contributed by atoms with Crippen LogP contribution in [0.1, 0.15) is 39.5 Å². The van der Waals surface area contributed by atoms with Gasteiger partial charge in [-0.3, -0.25) is 14.4 Å². The van der Waals surface area contributed by atoms with E-state index in [1.807, 2.05) is 6.92 Å². The van der Waals surface area contributed by atoms with Crippen molar-refractivity contribution in [1.29, 1.82) is 0 Å². The zero-order valence-electron chi connectivity index (χ0n) is 13.9. The SMILES string of the molecule is CC[C@H](C)[C@H](N)C(=O)N[C@@H](CC(=O)O)C(=O)N1CCC[C@@H]1C(=O)O. The molecule has 136 valence electrons. The van der Waals surface area contributed by atoms with Gasteiger partial charge < -0.3 is 26.2 Å². The fourth-order valence-electron chi connectivity index (χ4n) is 2.64. The summed E-state index contributed by atoms with van der Waals surface area (Å²) in [5.41, 5.74) is 5.80. The number of amides is 2. The van der Waals surface area contributed by atoms with Gasteiger partial charge in [-0.15, -0.1) is 0 Å². The number of rotatable bonds is 8. The van der Waals surface area contributed by atoms with E-state index in [1.165, 1.54) is 0 Å². The summed E-state index contributed by atoms with van der Waals surface area (Å²) in [5, 5.41) is 20.5. The van der Waals surface area contributed by atoms with E-state index < -0.39 is 48.3 Å². The third-order valence-electron chi connectivity index (χ3n) is 4.37. The minimum absolute atomic E-state index is 0.135. The Hall–Kier alpha value is -2.16. The molecule has 5 N–H and O–H groups in total. The first-order chi connectivity index (χ1) is 11.2. The number of carboxylic acid groups (broad SMARTS) is 2. The van der Waals surface area contributed by atoms with Gasteiger partial charge in [0.25, 0.3) is 0 Å². The van der Waals surface area contributed by atoms with Crippen molar-refractivity contribution in [1.82, 2.24) is 10.2 Å². The first kappa shape index (κ1) is 19.9. The number of likely N-dealkylation sites (tertiary alicyclic amines) is 1. The van der Waals surface area contributed by atoms with Crippen LogP contribution >= 0.6 is 0 Å². The van der Waals surface area contributed by atoms with Crippen LogP contribution in [0.2, 0.25) is 0 Å². The molecule has 1 rings (SSSR count). The molecule has 9 nitrogen and oxygen atoms in total. The molecule has 1 saturated heterocycles. The first-order valence-electron chi connectivity index (χ1n) is 8.00. The summed E-state index contributed by atoms with van der Waals surface area (Å²) in [4.78, 5) is 48.0. The van der Waals surface area contributed by atoms with Crippen molar-refractivity contribution < 1.29 is 29.4 Å². The molecule has 0 bridgehead atoms. The molecular weight excluding hydrogens is 318 g/mol. The Labute approximate surface area is 140 Å². The normalized spacial score (nSPS) is 21.0. The highest BCUT2D eigenvalue weighted by atomic mass is 16.4. The van der Waals surface area contributed by atoms with Crippen molar-refractivity contribution in [3.63, 3.8) is 0 Å². The molecule has 0 aromatic heterocycles. The van der Waals surface area contributed by atoms with E-state index in [1.54, 1.807) is 6.92 Å². The molecule has 1 fully saturated rings. The Kier molecular flexibility index (Phi) is 7.15. The van der Waals surface area contributed by atoms with Crippen molar-refractivity contribution in [3.8, 4) is 0 Å². The van der Waals surface area contributed by atoms with Gasteiger partial charge in [0, 0.05) is 6.54 Å². The fraction of sp³-hybridized carbons (Fsp3) is 0.733. The van der Waals surface area contributed by atoms with Crippen LogP contribution in [0.25, 0.3) is 0 Å². The highest BCUT2D eigenvalue weighted by Gasteiger charge is 2.38. The van der Waals surface area contributed by atoms with Gasteiger partial charge in [0.1, 0.15) is 12.1 Å². The Morgan fingerprint density at radius 2 is 1.92 bits per heavy atom. The zero-order chi connectivity index (χ0) is 18.4. The minimum atomic E-state index is -1.33. The molecule has 24 heavy (non-hydrogen) atoms. The standard InChI is InChI=1S/C15H25N3O6/c1-3-8(2)12(16)13(21)17-9(7-11(19)20)14(22)18-6-4-5-10(18)15(23)24/h8-10,12H,3-7,16H2,1-2H3,(H,17,21)(H,19,20)(H,23,24)/t8-,9-,10+,12-/m0/s1. The maximum absolute atomic E-state index is 12.5. The molecule has 0 radical (unpaired) electrons. The molecule has 1 heterocycles. The predicted octanol–water partition coefficient (Wildman–Crippen LogP) is -0.605. The number of carboxylic acids is 2. The number of carbonyl (C=O) groups excluding carboxylic acids is 2. The average molecular weight is 343 g/mol. The largest absolute Gasteiger partial charge is 0.481 e. The maximum atomic E-state index is 12.5. The van der Waals surface area contributed by atoms with Gasteiger partial charge >= 0.3 is 11.9 Å². The van der Waals surface area contributed by atoms with Gasteiger partial charge in [0.2, 0.25) is 11.8 Å². The molecule has 0 spiro atoms. The molecule has 0 aromatic carbocycles. The summed E-state index contributed by atoms with van der Waals surface area (Å²) >= 11 is 0. The lowest BCUT2D eigenvalue weighted by Gasteiger charge is -2.28. The summed E-state index contributed by atoms with van der Waals surface area (Å²) < 4.78 is 0. The molecule has 9 heteroatoms. The van der Waals surface area contributed by atoms with E-state index in [9.17, 15) is 19.2 Å². The summed E-state index contributed by atoms with van der Waals surface area (Å²) in [6.07, 6.45) is 0.851. The molecular formula is C15H25N3O6. The van der Waals surface area contributed by atoms with Crippen LogP contribution in [-0.2, 0) is 19.2 Å². The predicted molar refractivity (Wildman–Crippen MR) is 84.0 cm³/mol. The quantitative estimate of drug-likeness (QED) is 0.459. The van der Waals surface area contributed by atoms with Crippen LogP contribution < -0.4 is 11.1 Å². The topological polar surface area (TPSA) is 150 Å². The van der Waals surface area contributed by atoms with E-state index >= 15 is 0 Å². The maximum Gasteiger partial charge on any atom is 0.326 e. The van der Waals surface area contributed by atoms with Crippen molar-refractivity contribution >= 4 is 23.8 Å². The van der Waals surface area contributed by atoms with Crippen molar-refractivity contribution in [3.05, 3.63) is 0 Å². The van der Waals surface area contributed by atoms with Gasteiger partial charge in [-0.1, -0.05) is 20.3 Å². The molecule has 4 atom stereocenters. The molecule has 0 saturated carbocycles. The highest BCUT2D eigenvalue weighted by molar-refractivity contribution is 5.94. The third-order valence-corrected chi connectivity index (χ3v) is 4.37. The molecule has 0 aliphatic carbocycles. The number of nitrogens with one attached hydrogen (secondary N) is 1. The molecule has 2 amide bonds. The van der Waals surface area contributed by atoms with E-state index in [0.717, 1.165) is 4.90 Å². The number of hydrogen-bond acceptors (Lipinski definition) is 5. The Morgan fingerprint density at radius 1 is 1.29 bits per heavy atom. The lowest BCUT2D eigenvalue weighted by atomic mass is 9.99. The molecule has 1 aliphatic rings. The fourth-order valence-corrected chi connectivity index (χ4v) is 2.64. The monoisotopic (exact) mass is 343 g/mol. The number of carbonyl (C=O) groups is 4. The van der Waals surface area contributed by atoms with Gasteiger partial charge in [-0.25, -0.2) is 4.79 Å². The summed E-state index contributed by atoms with van der Waals surface area (Å²) in [6.45, 7) is 3.86. The third kappa shape index (κ3) is 4.92. The van der Waals surface area contributed by atoms with Crippen molar-refractivity contribution in [2.24, 2.45) is 11.7 Å². The number of aliphatic carboxylic acids is 2. The van der Waals surface area contributed by atoms with Gasteiger partial charge in [-0.05, 0) is 18.8 Å². The van der Waals surface area contributed by atoms with Crippen molar-refractivity contribution in [2.45, 2.75) is 57.7 Å². The minimum Gasteiger partial charge on any atom is -0.481 e. The molecule has 1 aliphatic heterocycles. The average Bonchev–Trinajstić information content (AvgIpc) is 3.01. The Morgan fingerprint density at radius 3 is 2.42 bits per heavy atom. The smallest absolute Gasteiger partial charge is 0.326 e. The van der Waals surface area contributed by atoms with Gasteiger partial charge in [-0.2, -0.15) is 0 Å². The second kappa shape index (κ2) is 8.62. The summed E-state index contributed by atoms with van der Waals surface area (Å²) in [5.74, 6) is -3.86. The zero-order valence-corrected chi connectivity index (χ0v) is 13.9. The lowest BCUT2D eigenvalue weighted by Crippen LogP contribution is -2.56. The molecule has 0 aromatic rings. The van der Waals surface area contributed by atoms with E-state index in [2.05, 4.69) is 5.32 Å². The molecule has 0 unspecified atom stereocenters. The Bertz CT molecular complexity index is 509. The second-order valence-electron chi connectivity index (χ2n) is 6.10. The number of nitrogens with two attached hydrogens (primary N) is 1.